The summed E-state index contributed by atoms with van der Waals surface area (Å²) in [5, 5.41) is 9.21. The van der Waals surface area contributed by atoms with Crippen molar-refractivity contribution in [2.75, 3.05) is 18.4 Å². The third-order valence-electron chi connectivity index (χ3n) is 3.60. The lowest BCUT2D eigenvalue weighted by Crippen LogP contribution is -2.38. The minimum Gasteiger partial charge on any atom is -0.357 e. The smallest absolute Gasteiger partial charge is 0.227 e. The molecule has 140 valence electrons. The molecule has 2 aromatic heterocycles. The standard InChI is InChI=1S/C19H27N5OS/c1-4-15-9-10-16(26-15)13-22-19(20-5-2)21-12-11-18(25)24-17-8-6-7-14(3)23-17/h6-10H,4-5,11-13H2,1-3H3,(H2,20,21,22)(H,23,24,25). The normalized spacial score (nSPS) is 11.3. The molecule has 0 radical (unpaired) electrons. The van der Waals surface area contributed by atoms with Crippen molar-refractivity contribution in [2.45, 2.75) is 40.2 Å². The van der Waals surface area contributed by atoms with Crippen molar-refractivity contribution >= 4 is 29.0 Å². The molecule has 0 bridgehead atoms. The summed E-state index contributed by atoms with van der Waals surface area (Å²) in [7, 11) is 0. The molecule has 0 fully saturated rings. The van der Waals surface area contributed by atoms with Gasteiger partial charge in [0.15, 0.2) is 5.96 Å². The number of hydrogen-bond donors (Lipinski definition) is 3. The second-order valence-corrected chi connectivity index (χ2v) is 7.06. The molecule has 0 saturated carbocycles. The van der Waals surface area contributed by atoms with Gasteiger partial charge in [0.05, 0.1) is 6.54 Å². The first kappa shape index (κ1) is 19.9. The van der Waals surface area contributed by atoms with Crippen LogP contribution < -0.4 is 16.0 Å². The Morgan fingerprint density at radius 2 is 1.96 bits per heavy atom. The number of pyridine rings is 1. The van der Waals surface area contributed by atoms with Crippen LogP contribution in [-0.4, -0.2) is 29.9 Å². The molecule has 2 heterocycles. The highest BCUT2D eigenvalue weighted by molar-refractivity contribution is 7.11. The van der Waals surface area contributed by atoms with Gasteiger partial charge in [0.2, 0.25) is 5.91 Å². The van der Waals surface area contributed by atoms with E-state index < -0.39 is 0 Å². The number of amides is 1. The van der Waals surface area contributed by atoms with E-state index >= 15 is 0 Å². The van der Waals surface area contributed by atoms with E-state index in [1.165, 1.54) is 9.75 Å². The molecular weight excluding hydrogens is 346 g/mol. The number of guanidine groups is 1. The van der Waals surface area contributed by atoms with Crippen LogP contribution >= 0.6 is 11.3 Å². The van der Waals surface area contributed by atoms with Crippen LogP contribution in [-0.2, 0) is 17.8 Å². The highest BCUT2D eigenvalue weighted by atomic mass is 32.1. The topological polar surface area (TPSA) is 78.4 Å². The Bertz CT molecular complexity index is 741. The van der Waals surface area contributed by atoms with Crippen LogP contribution in [0, 0.1) is 6.92 Å². The number of thiophene rings is 1. The lowest BCUT2D eigenvalue weighted by atomic mass is 10.3. The van der Waals surface area contributed by atoms with Crippen LogP contribution in [0.4, 0.5) is 5.82 Å². The Hall–Kier alpha value is -2.41. The SMILES string of the molecule is CCNC(=NCc1ccc(CC)s1)NCCC(=O)Nc1cccc(C)n1. The van der Waals surface area contributed by atoms with E-state index in [4.69, 9.17) is 0 Å². The van der Waals surface area contributed by atoms with Crippen molar-refractivity contribution in [1.29, 1.82) is 0 Å². The van der Waals surface area contributed by atoms with Crippen LogP contribution in [0.25, 0.3) is 0 Å². The van der Waals surface area contributed by atoms with E-state index in [1.807, 2.05) is 26.0 Å². The van der Waals surface area contributed by atoms with E-state index in [1.54, 1.807) is 17.4 Å². The summed E-state index contributed by atoms with van der Waals surface area (Å²) in [5.74, 6) is 1.23. The predicted octanol–water partition coefficient (Wildman–Crippen LogP) is 3.10. The Labute approximate surface area is 159 Å². The molecule has 0 atom stereocenters. The summed E-state index contributed by atoms with van der Waals surface area (Å²) >= 11 is 1.79. The van der Waals surface area contributed by atoms with Crippen LogP contribution in [0.5, 0.6) is 0 Å². The van der Waals surface area contributed by atoms with Crippen LogP contribution in [0.15, 0.2) is 35.3 Å². The largest absolute Gasteiger partial charge is 0.357 e. The van der Waals surface area contributed by atoms with Gasteiger partial charge in [-0.3, -0.25) is 4.79 Å². The molecule has 1 amide bonds. The number of aliphatic imine (C=N–C) groups is 1. The Balaban J connectivity index is 1.79. The lowest BCUT2D eigenvalue weighted by Gasteiger charge is -2.11. The van der Waals surface area contributed by atoms with Crippen molar-refractivity contribution in [2.24, 2.45) is 4.99 Å². The summed E-state index contributed by atoms with van der Waals surface area (Å²) in [6.45, 7) is 7.99. The molecule has 0 spiro atoms. The van der Waals surface area contributed by atoms with Gasteiger partial charge in [-0.25, -0.2) is 9.98 Å². The van der Waals surface area contributed by atoms with E-state index in [0.29, 0.717) is 25.3 Å². The summed E-state index contributed by atoms with van der Waals surface area (Å²) in [5.41, 5.74) is 0.877. The number of nitrogens with one attached hydrogen (secondary N) is 3. The molecule has 7 heteroatoms. The average Bonchev–Trinajstić information content (AvgIpc) is 3.08. The number of rotatable bonds is 8. The maximum atomic E-state index is 12.0. The highest BCUT2D eigenvalue weighted by Gasteiger charge is 2.05. The van der Waals surface area contributed by atoms with Crippen molar-refractivity contribution < 1.29 is 4.79 Å². The van der Waals surface area contributed by atoms with E-state index in [0.717, 1.165) is 24.6 Å². The summed E-state index contributed by atoms with van der Waals surface area (Å²) < 4.78 is 0. The predicted molar refractivity (Wildman–Crippen MR) is 109 cm³/mol. The Morgan fingerprint density at radius 3 is 2.65 bits per heavy atom. The number of carbonyl (C=O) groups excluding carboxylic acids is 1. The van der Waals surface area contributed by atoms with Crippen molar-refractivity contribution in [3.8, 4) is 0 Å². The van der Waals surface area contributed by atoms with Crippen molar-refractivity contribution in [1.82, 2.24) is 15.6 Å². The van der Waals surface area contributed by atoms with Crippen LogP contribution in [0.2, 0.25) is 0 Å². The quantitative estimate of drug-likeness (QED) is 0.491. The summed E-state index contributed by atoms with van der Waals surface area (Å²) in [6.07, 6.45) is 1.40. The third-order valence-corrected chi connectivity index (χ3v) is 4.82. The number of carbonyl (C=O) groups is 1. The van der Waals surface area contributed by atoms with Crippen molar-refractivity contribution in [3.63, 3.8) is 0 Å². The molecule has 0 aliphatic rings. The molecule has 2 rings (SSSR count). The average molecular weight is 374 g/mol. The van der Waals surface area contributed by atoms with Gasteiger partial charge in [-0.05, 0) is 44.5 Å². The summed E-state index contributed by atoms with van der Waals surface area (Å²) in [4.78, 5) is 23.5. The van der Waals surface area contributed by atoms with Gasteiger partial charge in [-0.15, -0.1) is 11.3 Å². The number of hydrogen-bond acceptors (Lipinski definition) is 4. The highest BCUT2D eigenvalue weighted by Crippen LogP contribution is 2.17. The lowest BCUT2D eigenvalue weighted by molar-refractivity contribution is -0.116. The fourth-order valence-electron chi connectivity index (χ4n) is 2.31. The number of anilines is 1. The fraction of sp³-hybridized carbons (Fsp3) is 0.421. The zero-order chi connectivity index (χ0) is 18.8. The first-order valence-electron chi connectivity index (χ1n) is 8.94. The zero-order valence-corrected chi connectivity index (χ0v) is 16.4. The Kier molecular flexibility index (Phi) is 8.08. The maximum Gasteiger partial charge on any atom is 0.227 e. The minimum absolute atomic E-state index is 0.0720. The number of nitrogens with zero attached hydrogens (tertiary/aromatic N) is 2. The molecule has 0 unspecified atom stereocenters. The van der Waals surface area contributed by atoms with Crippen LogP contribution in [0.3, 0.4) is 0 Å². The maximum absolute atomic E-state index is 12.0. The second kappa shape index (κ2) is 10.6. The fourth-order valence-corrected chi connectivity index (χ4v) is 3.19. The number of aryl methyl sites for hydroxylation is 2. The summed E-state index contributed by atoms with van der Waals surface area (Å²) in [6, 6.07) is 9.84. The first-order valence-corrected chi connectivity index (χ1v) is 9.75. The molecule has 2 aromatic rings. The first-order chi connectivity index (χ1) is 12.6. The molecule has 26 heavy (non-hydrogen) atoms. The third kappa shape index (κ3) is 6.84. The Morgan fingerprint density at radius 1 is 1.15 bits per heavy atom. The van der Waals surface area contributed by atoms with Gasteiger partial charge in [-0.1, -0.05) is 13.0 Å². The second-order valence-electron chi connectivity index (χ2n) is 5.81. The molecule has 0 saturated heterocycles. The molecule has 3 N–H and O–H groups in total. The van der Waals surface area contributed by atoms with Gasteiger partial charge in [0.1, 0.15) is 5.82 Å². The van der Waals surface area contributed by atoms with Crippen LogP contribution in [0.1, 0.15) is 35.7 Å². The van der Waals surface area contributed by atoms with Gasteiger partial charge < -0.3 is 16.0 Å². The van der Waals surface area contributed by atoms with Crippen molar-refractivity contribution in [3.05, 3.63) is 45.8 Å². The molecule has 6 nitrogen and oxygen atoms in total. The molecule has 0 aromatic carbocycles. The zero-order valence-electron chi connectivity index (χ0n) is 15.6. The molecule has 0 aliphatic heterocycles. The van der Waals surface area contributed by atoms with E-state index in [-0.39, 0.29) is 5.91 Å². The van der Waals surface area contributed by atoms with E-state index in [2.05, 4.69) is 45.0 Å². The molecular formula is C19H27N5OS. The van der Waals surface area contributed by atoms with Gasteiger partial charge >= 0.3 is 0 Å². The minimum atomic E-state index is -0.0720. The molecule has 0 aliphatic carbocycles. The monoisotopic (exact) mass is 373 g/mol. The van der Waals surface area contributed by atoms with Gasteiger partial charge in [-0.2, -0.15) is 0 Å². The van der Waals surface area contributed by atoms with Gasteiger partial charge in [0.25, 0.3) is 0 Å². The number of aromatic nitrogens is 1. The van der Waals surface area contributed by atoms with E-state index in [9.17, 15) is 4.79 Å². The van der Waals surface area contributed by atoms with Gasteiger partial charge in [0, 0.05) is 35.0 Å².